The van der Waals surface area contributed by atoms with Crippen molar-refractivity contribution in [2.45, 2.75) is 24.7 Å². The lowest BCUT2D eigenvalue weighted by Crippen LogP contribution is -2.36. The maximum absolute atomic E-state index is 12.8. The third-order valence-corrected chi connectivity index (χ3v) is 6.85. The van der Waals surface area contributed by atoms with Crippen molar-refractivity contribution in [2.24, 2.45) is 17.8 Å². The molecule has 0 N–H and O–H groups in total. The Morgan fingerprint density at radius 3 is 2.39 bits per heavy atom. The number of nitrogens with zero attached hydrogens (tertiary/aromatic N) is 2. The number of nitro benzene ring substituents is 1. The second kappa shape index (κ2) is 6.05. The highest BCUT2D eigenvalue weighted by atomic mass is 32.2. The molecule has 3 atom stereocenters. The van der Waals surface area contributed by atoms with Crippen molar-refractivity contribution in [1.82, 2.24) is 4.31 Å². The molecule has 0 amide bonds. The third kappa shape index (κ3) is 3.03. The first-order valence-corrected chi connectivity index (χ1v) is 9.28. The molecule has 1 aromatic rings. The van der Waals surface area contributed by atoms with Gasteiger partial charge in [0.05, 0.1) is 9.82 Å². The molecule has 0 aromatic heterocycles. The van der Waals surface area contributed by atoms with Crippen LogP contribution in [0.15, 0.2) is 41.3 Å². The van der Waals surface area contributed by atoms with Crippen LogP contribution in [0.5, 0.6) is 0 Å². The van der Waals surface area contributed by atoms with E-state index in [0.29, 0.717) is 30.8 Å². The van der Waals surface area contributed by atoms with Crippen LogP contribution in [-0.4, -0.2) is 30.7 Å². The number of fused-ring (bicyclic) bond motifs is 2. The Morgan fingerprint density at radius 1 is 1.22 bits per heavy atom. The molecule has 3 rings (SSSR count). The van der Waals surface area contributed by atoms with Crippen molar-refractivity contribution in [3.63, 3.8) is 0 Å². The van der Waals surface area contributed by atoms with Gasteiger partial charge in [-0.2, -0.15) is 4.31 Å². The first kappa shape index (κ1) is 16.1. The number of nitro groups is 1. The molecule has 0 saturated heterocycles. The van der Waals surface area contributed by atoms with Gasteiger partial charge in [0.1, 0.15) is 0 Å². The van der Waals surface area contributed by atoms with E-state index in [9.17, 15) is 18.5 Å². The minimum Gasteiger partial charge on any atom is -0.258 e. The summed E-state index contributed by atoms with van der Waals surface area (Å²) in [4.78, 5) is 10.3. The SMILES string of the molecule is CCN(C[C@@H]1C[C@H]2C=C[C@@H]1C2)S(=O)(=O)c1ccc([N+](=O)[O-])cc1. The van der Waals surface area contributed by atoms with Gasteiger partial charge in [0.15, 0.2) is 0 Å². The highest BCUT2D eigenvalue weighted by Crippen LogP contribution is 2.44. The molecule has 1 aromatic carbocycles. The van der Waals surface area contributed by atoms with E-state index in [1.54, 1.807) is 0 Å². The summed E-state index contributed by atoms with van der Waals surface area (Å²) in [5.74, 6) is 1.46. The minimum absolute atomic E-state index is 0.106. The molecular formula is C16H20N2O4S. The molecule has 1 fully saturated rings. The molecule has 2 bridgehead atoms. The average Bonchev–Trinajstić information content (AvgIpc) is 3.15. The van der Waals surface area contributed by atoms with E-state index < -0.39 is 14.9 Å². The van der Waals surface area contributed by atoms with Crippen LogP contribution in [0.25, 0.3) is 0 Å². The van der Waals surface area contributed by atoms with Crippen LogP contribution in [-0.2, 0) is 10.0 Å². The molecule has 124 valence electrons. The molecule has 23 heavy (non-hydrogen) atoms. The molecule has 2 aliphatic carbocycles. The van der Waals surface area contributed by atoms with Crippen molar-refractivity contribution in [1.29, 1.82) is 0 Å². The van der Waals surface area contributed by atoms with Crippen molar-refractivity contribution >= 4 is 15.7 Å². The van der Waals surface area contributed by atoms with Crippen LogP contribution in [0.3, 0.4) is 0 Å². The number of non-ortho nitro benzene ring substituents is 1. The molecule has 6 nitrogen and oxygen atoms in total. The van der Waals surface area contributed by atoms with Crippen molar-refractivity contribution < 1.29 is 13.3 Å². The molecule has 1 saturated carbocycles. The van der Waals surface area contributed by atoms with Crippen LogP contribution in [0.1, 0.15) is 19.8 Å². The highest BCUT2D eigenvalue weighted by Gasteiger charge is 2.38. The van der Waals surface area contributed by atoms with Crippen LogP contribution < -0.4 is 0 Å². The summed E-state index contributed by atoms with van der Waals surface area (Å²) >= 11 is 0. The first-order chi connectivity index (χ1) is 10.9. The Hall–Kier alpha value is -1.73. The summed E-state index contributed by atoms with van der Waals surface area (Å²) < 4.78 is 27.0. The summed E-state index contributed by atoms with van der Waals surface area (Å²) in [5.41, 5.74) is -0.106. The molecule has 0 aliphatic heterocycles. The first-order valence-electron chi connectivity index (χ1n) is 7.84. The third-order valence-electron chi connectivity index (χ3n) is 4.89. The summed E-state index contributed by atoms with van der Waals surface area (Å²) in [6, 6.07) is 5.11. The minimum atomic E-state index is -3.61. The summed E-state index contributed by atoms with van der Waals surface area (Å²) in [6.45, 7) is 2.74. The molecule has 7 heteroatoms. The van der Waals surface area contributed by atoms with Gasteiger partial charge in [0.2, 0.25) is 10.0 Å². The Morgan fingerprint density at radius 2 is 1.91 bits per heavy atom. The summed E-state index contributed by atoms with van der Waals surface area (Å²) in [7, 11) is -3.61. The van der Waals surface area contributed by atoms with Gasteiger partial charge < -0.3 is 0 Å². The monoisotopic (exact) mass is 336 g/mol. The quantitative estimate of drug-likeness (QED) is 0.454. The van der Waals surface area contributed by atoms with Gasteiger partial charge in [-0.15, -0.1) is 0 Å². The van der Waals surface area contributed by atoms with Gasteiger partial charge in [-0.3, -0.25) is 10.1 Å². The molecular weight excluding hydrogens is 316 g/mol. The van der Waals surface area contributed by atoms with E-state index in [1.807, 2.05) is 6.92 Å². The van der Waals surface area contributed by atoms with Crippen molar-refractivity contribution in [2.75, 3.05) is 13.1 Å². The predicted octanol–water partition coefficient (Wildman–Crippen LogP) is 2.82. The van der Waals surface area contributed by atoms with E-state index in [4.69, 9.17) is 0 Å². The van der Waals surface area contributed by atoms with E-state index in [0.717, 1.165) is 12.8 Å². The summed E-state index contributed by atoms with van der Waals surface area (Å²) in [6.07, 6.45) is 6.64. The van der Waals surface area contributed by atoms with Gasteiger partial charge in [0.25, 0.3) is 5.69 Å². The van der Waals surface area contributed by atoms with Crippen LogP contribution in [0.4, 0.5) is 5.69 Å². The largest absolute Gasteiger partial charge is 0.269 e. The van der Waals surface area contributed by atoms with Gasteiger partial charge in [-0.05, 0) is 42.7 Å². The zero-order chi connectivity index (χ0) is 16.6. The Bertz CT molecular complexity index is 727. The van der Waals surface area contributed by atoms with Crippen molar-refractivity contribution in [3.8, 4) is 0 Å². The average molecular weight is 336 g/mol. The van der Waals surface area contributed by atoms with E-state index in [-0.39, 0.29) is 10.6 Å². The van der Waals surface area contributed by atoms with Gasteiger partial charge in [-0.25, -0.2) is 8.42 Å². The lowest BCUT2D eigenvalue weighted by Gasteiger charge is -2.27. The predicted molar refractivity (Wildman–Crippen MR) is 86.4 cm³/mol. The second-order valence-corrected chi connectivity index (χ2v) is 8.18. The van der Waals surface area contributed by atoms with Crippen LogP contribution in [0, 0.1) is 27.9 Å². The van der Waals surface area contributed by atoms with Gasteiger partial charge in [-0.1, -0.05) is 19.1 Å². The molecule has 0 radical (unpaired) electrons. The standard InChI is InChI=1S/C16H20N2O4S/c1-2-17(11-14-10-12-3-4-13(14)9-12)23(21,22)16-7-5-15(6-8-16)18(19)20/h3-8,12-14H,2,9-11H2,1H3/t12-,13+,14-/m0/s1. The maximum Gasteiger partial charge on any atom is 0.269 e. The topological polar surface area (TPSA) is 80.5 Å². The van der Waals surface area contributed by atoms with E-state index >= 15 is 0 Å². The number of allylic oxidation sites excluding steroid dienone is 2. The molecule has 2 aliphatic rings. The Labute approximate surface area is 136 Å². The van der Waals surface area contributed by atoms with Crippen molar-refractivity contribution in [3.05, 3.63) is 46.5 Å². The molecule has 0 spiro atoms. The summed E-state index contributed by atoms with van der Waals surface area (Å²) in [5, 5.41) is 10.7. The zero-order valence-electron chi connectivity index (χ0n) is 13.0. The van der Waals surface area contributed by atoms with E-state index in [2.05, 4.69) is 12.2 Å². The Balaban J connectivity index is 1.78. The molecule has 0 unspecified atom stereocenters. The Kier molecular flexibility index (Phi) is 4.25. The zero-order valence-corrected chi connectivity index (χ0v) is 13.8. The number of hydrogen-bond donors (Lipinski definition) is 0. The maximum atomic E-state index is 12.8. The van der Waals surface area contributed by atoms with Crippen LogP contribution >= 0.6 is 0 Å². The second-order valence-electron chi connectivity index (χ2n) is 6.25. The number of hydrogen-bond acceptors (Lipinski definition) is 4. The number of sulfonamides is 1. The van der Waals surface area contributed by atoms with Gasteiger partial charge >= 0.3 is 0 Å². The van der Waals surface area contributed by atoms with Crippen LogP contribution in [0.2, 0.25) is 0 Å². The highest BCUT2D eigenvalue weighted by molar-refractivity contribution is 7.89. The fourth-order valence-corrected chi connectivity index (χ4v) is 5.16. The number of benzene rings is 1. The van der Waals surface area contributed by atoms with E-state index in [1.165, 1.54) is 28.6 Å². The fourth-order valence-electron chi connectivity index (χ4n) is 3.65. The number of rotatable bonds is 6. The fraction of sp³-hybridized carbons (Fsp3) is 0.500. The lowest BCUT2D eigenvalue weighted by atomic mass is 9.94. The normalized spacial score (nSPS) is 26.1. The molecule has 0 heterocycles. The smallest absolute Gasteiger partial charge is 0.258 e. The van der Waals surface area contributed by atoms with Gasteiger partial charge in [0, 0.05) is 25.2 Å². The lowest BCUT2D eigenvalue weighted by molar-refractivity contribution is -0.384.